The highest BCUT2D eigenvalue weighted by atomic mass is 16.2. The highest BCUT2D eigenvalue weighted by Crippen LogP contribution is 2.40. The highest BCUT2D eigenvalue weighted by molar-refractivity contribution is 5.78. The van der Waals surface area contributed by atoms with Gasteiger partial charge in [-0.05, 0) is 30.5 Å². The van der Waals surface area contributed by atoms with Gasteiger partial charge in [-0.3, -0.25) is 19.1 Å². The predicted octanol–water partition coefficient (Wildman–Crippen LogP) is 2.71. The fourth-order valence-electron chi connectivity index (χ4n) is 4.44. The average Bonchev–Trinajstić information content (AvgIpc) is 3.23. The lowest BCUT2D eigenvalue weighted by Gasteiger charge is -2.30. The molecule has 1 heterocycles. The minimum atomic E-state index is -0.488. The van der Waals surface area contributed by atoms with Crippen molar-refractivity contribution >= 4 is 16.8 Å². The summed E-state index contributed by atoms with van der Waals surface area (Å²) in [5.74, 6) is -0.0885. The molecule has 3 aromatic rings. The zero-order chi connectivity index (χ0) is 20.3. The summed E-state index contributed by atoms with van der Waals surface area (Å²) in [5.41, 5.74) is 0.931. The van der Waals surface area contributed by atoms with Crippen molar-refractivity contribution in [2.45, 2.75) is 44.1 Å². The van der Waals surface area contributed by atoms with Gasteiger partial charge in [-0.15, -0.1) is 0 Å². The number of rotatable bonds is 6. The summed E-state index contributed by atoms with van der Waals surface area (Å²) in [6.45, 7) is 0.831. The molecule has 1 saturated carbocycles. The highest BCUT2D eigenvalue weighted by Gasteiger charge is 2.35. The topological polar surface area (TPSA) is 84.0 Å². The number of aromatic nitrogens is 2. The molecule has 1 fully saturated rings. The Balaban J connectivity index is 1.45. The molecule has 0 bridgehead atoms. The van der Waals surface area contributed by atoms with E-state index in [1.165, 1.54) is 23.0 Å². The third kappa shape index (κ3) is 3.88. The number of aryl methyl sites for hydroxylation is 1. The molecule has 0 unspecified atom stereocenters. The lowest BCUT2D eigenvalue weighted by Crippen LogP contribution is -2.39. The van der Waals surface area contributed by atoms with Crippen LogP contribution in [0.4, 0.5) is 0 Å². The molecule has 0 atom stereocenters. The molecule has 0 spiro atoms. The van der Waals surface area contributed by atoms with Crippen molar-refractivity contribution in [2.75, 3.05) is 6.54 Å². The average molecular weight is 391 g/mol. The molecule has 6 nitrogen and oxygen atoms in total. The van der Waals surface area contributed by atoms with Gasteiger partial charge in [0.05, 0.1) is 10.9 Å². The fourth-order valence-corrected chi connectivity index (χ4v) is 4.44. The second-order valence-electron chi connectivity index (χ2n) is 7.81. The molecule has 1 aromatic heterocycles. The van der Waals surface area contributed by atoms with Crippen LogP contribution in [0, 0.1) is 0 Å². The fraction of sp³-hybridized carbons (Fsp3) is 0.348. The lowest BCUT2D eigenvalue weighted by molar-refractivity contribution is -0.121. The molecule has 0 aliphatic heterocycles. The first kappa shape index (κ1) is 19.2. The van der Waals surface area contributed by atoms with Crippen LogP contribution in [0.15, 0.2) is 64.2 Å². The van der Waals surface area contributed by atoms with Crippen LogP contribution in [0.3, 0.4) is 0 Å². The Kier molecular flexibility index (Phi) is 5.34. The molecular formula is C23H25N3O3. The number of carbonyl (C=O) groups is 1. The molecule has 1 amide bonds. The maximum atomic E-state index is 12.6. The third-order valence-electron chi connectivity index (χ3n) is 6.04. The number of amides is 1. The van der Waals surface area contributed by atoms with Crippen LogP contribution in [-0.2, 0) is 16.8 Å². The monoisotopic (exact) mass is 391 g/mol. The zero-order valence-corrected chi connectivity index (χ0v) is 16.3. The van der Waals surface area contributed by atoms with E-state index in [0.717, 1.165) is 12.8 Å². The number of fused-ring (bicyclic) bond motifs is 1. The smallest absolute Gasteiger partial charge is 0.328 e. The summed E-state index contributed by atoms with van der Waals surface area (Å²) in [7, 11) is 0. The van der Waals surface area contributed by atoms with Crippen molar-refractivity contribution in [3.05, 3.63) is 81.0 Å². The van der Waals surface area contributed by atoms with Crippen LogP contribution >= 0.6 is 0 Å². The van der Waals surface area contributed by atoms with E-state index in [0.29, 0.717) is 17.4 Å². The molecule has 0 radical (unpaired) electrons. The van der Waals surface area contributed by atoms with Crippen LogP contribution < -0.4 is 16.6 Å². The Labute approximate surface area is 168 Å². The summed E-state index contributed by atoms with van der Waals surface area (Å²) in [5, 5.41) is 3.53. The first-order valence-electron chi connectivity index (χ1n) is 10.1. The van der Waals surface area contributed by atoms with Crippen molar-refractivity contribution in [3.63, 3.8) is 0 Å². The maximum Gasteiger partial charge on any atom is 0.328 e. The van der Waals surface area contributed by atoms with E-state index in [-0.39, 0.29) is 24.3 Å². The van der Waals surface area contributed by atoms with Crippen molar-refractivity contribution in [1.82, 2.24) is 14.9 Å². The number of benzene rings is 2. The van der Waals surface area contributed by atoms with E-state index in [9.17, 15) is 14.4 Å². The quantitative estimate of drug-likeness (QED) is 0.678. The minimum Gasteiger partial charge on any atom is -0.355 e. The Morgan fingerprint density at radius 1 is 1.00 bits per heavy atom. The molecule has 1 aliphatic rings. The largest absolute Gasteiger partial charge is 0.355 e. The van der Waals surface area contributed by atoms with Crippen LogP contribution in [0.25, 0.3) is 10.9 Å². The number of nitrogens with one attached hydrogen (secondary N) is 2. The third-order valence-corrected chi connectivity index (χ3v) is 6.04. The maximum absolute atomic E-state index is 12.6. The van der Waals surface area contributed by atoms with E-state index >= 15 is 0 Å². The van der Waals surface area contributed by atoms with E-state index in [1.54, 1.807) is 24.3 Å². The van der Waals surface area contributed by atoms with Crippen LogP contribution in [0.1, 0.15) is 37.7 Å². The molecule has 2 N–H and O–H groups in total. The van der Waals surface area contributed by atoms with Gasteiger partial charge in [-0.25, -0.2) is 4.79 Å². The first-order chi connectivity index (χ1) is 14.1. The summed E-state index contributed by atoms with van der Waals surface area (Å²) in [4.78, 5) is 39.1. The van der Waals surface area contributed by atoms with Crippen molar-refractivity contribution in [2.24, 2.45) is 0 Å². The van der Waals surface area contributed by atoms with Crippen molar-refractivity contribution in [3.8, 4) is 0 Å². The molecule has 1 aliphatic carbocycles. The summed E-state index contributed by atoms with van der Waals surface area (Å²) in [6.07, 6.45) is 4.66. The second-order valence-corrected chi connectivity index (χ2v) is 7.81. The molecule has 29 heavy (non-hydrogen) atoms. The predicted molar refractivity (Wildman–Crippen MR) is 113 cm³/mol. The van der Waals surface area contributed by atoms with Crippen molar-refractivity contribution in [1.29, 1.82) is 0 Å². The Morgan fingerprint density at radius 3 is 2.45 bits per heavy atom. The van der Waals surface area contributed by atoms with Gasteiger partial charge in [-0.2, -0.15) is 0 Å². The minimum absolute atomic E-state index is 0.00155. The lowest BCUT2D eigenvalue weighted by atomic mass is 9.79. The van der Waals surface area contributed by atoms with Crippen LogP contribution in [-0.4, -0.2) is 22.0 Å². The SMILES string of the molecule is O=C(CCn1c(=O)[nH]c(=O)c2ccccc21)NCC1(c2ccccc2)CCCC1. The zero-order valence-electron chi connectivity index (χ0n) is 16.3. The molecule has 2 aromatic carbocycles. The van der Waals surface area contributed by atoms with Gasteiger partial charge < -0.3 is 5.32 Å². The van der Waals surface area contributed by atoms with Gasteiger partial charge in [0.2, 0.25) is 5.91 Å². The van der Waals surface area contributed by atoms with Gasteiger partial charge in [0, 0.05) is 24.9 Å². The van der Waals surface area contributed by atoms with Gasteiger partial charge in [0.15, 0.2) is 0 Å². The van der Waals surface area contributed by atoms with E-state index in [1.807, 2.05) is 18.2 Å². The van der Waals surface area contributed by atoms with Gasteiger partial charge in [-0.1, -0.05) is 55.3 Å². The second kappa shape index (κ2) is 8.07. The Hall–Kier alpha value is -3.15. The normalized spacial score (nSPS) is 15.4. The van der Waals surface area contributed by atoms with Crippen LogP contribution in [0.2, 0.25) is 0 Å². The van der Waals surface area contributed by atoms with E-state index < -0.39 is 11.2 Å². The number of para-hydroxylation sites is 1. The summed E-state index contributed by atoms with van der Waals surface area (Å²) < 4.78 is 1.46. The van der Waals surface area contributed by atoms with Crippen molar-refractivity contribution < 1.29 is 4.79 Å². The van der Waals surface area contributed by atoms with E-state index in [2.05, 4.69) is 22.4 Å². The Bertz CT molecular complexity index is 1130. The van der Waals surface area contributed by atoms with Gasteiger partial charge >= 0.3 is 5.69 Å². The molecule has 4 rings (SSSR count). The molecule has 0 saturated heterocycles. The van der Waals surface area contributed by atoms with Gasteiger partial charge in [0.25, 0.3) is 5.56 Å². The number of H-pyrrole nitrogens is 1. The standard InChI is InChI=1S/C23H25N3O3/c27-20(24-16-23(13-6-7-14-23)17-8-2-1-3-9-17)12-15-26-19-11-5-4-10-18(19)21(28)25-22(26)29/h1-5,8-11H,6-7,12-16H2,(H,24,27)(H,25,28,29). The summed E-state index contributed by atoms with van der Waals surface area (Å²) >= 11 is 0. The molecule has 150 valence electrons. The summed E-state index contributed by atoms with van der Waals surface area (Å²) in [6, 6.07) is 17.3. The Morgan fingerprint density at radius 2 is 1.69 bits per heavy atom. The number of carbonyl (C=O) groups excluding carboxylic acids is 1. The first-order valence-corrected chi connectivity index (χ1v) is 10.1. The molecule has 6 heteroatoms. The number of hydrogen-bond donors (Lipinski definition) is 2. The van der Waals surface area contributed by atoms with Gasteiger partial charge in [0.1, 0.15) is 0 Å². The number of aromatic amines is 1. The molecular weight excluding hydrogens is 366 g/mol. The van der Waals surface area contributed by atoms with Crippen LogP contribution in [0.5, 0.6) is 0 Å². The number of nitrogens with zero attached hydrogens (tertiary/aromatic N) is 1. The number of hydrogen-bond acceptors (Lipinski definition) is 3. The van der Waals surface area contributed by atoms with E-state index in [4.69, 9.17) is 0 Å².